The minimum Gasteiger partial charge on any atom is -0.459 e. The molecule has 0 radical (unpaired) electrons. The molecule has 1 aromatic carbocycles. The molecule has 0 amide bonds. The molecule has 2 aromatic heterocycles. The highest BCUT2D eigenvalue weighted by molar-refractivity contribution is 9.10. The molecular weight excluding hydrogens is 484 g/mol. The van der Waals surface area contributed by atoms with Gasteiger partial charge in [-0.2, -0.15) is 0 Å². The van der Waals surface area contributed by atoms with E-state index in [1.807, 2.05) is 25.1 Å². The third-order valence-electron chi connectivity index (χ3n) is 3.54. The highest BCUT2D eigenvalue weighted by Gasteiger charge is 2.09. The number of carbonyl (C=O) groups excluding carboxylic acids is 1. The number of carbonyl (C=O) groups is 1. The van der Waals surface area contributed by atoms with Gasteiger partial charge in [0.25, 0.3) is 5.56 Å². The van der Waals surface area contributed by atoms with E-state index in [-0.39, 0.29) is 23.9 Å². The lowest BCUT2D eigenvalue weighted by atomic mass is 10.2. The molecule has 2 heterocycles. The molecule has 0 aliphatic carbocycles. The molecule has 0 fully saturated rings. The Morgan fingerprint density at radius 1 is 1.19 bits per heavy atom. The molecule has 0 spiro atoms. The average Bonchev–Trinajstić information content (AvgIpc) is 2.60. The second kappa shape index (κ2) is 8.37. The van der Waals surface area contributed by atoms with Crippen molar-refractivity contribution >= 4 is 55.2 Å². The first-order valence-corrected chi connectivity index (χ1v) is 10.2. The van der Waals surface area contributed by atoms with Gasteiger partial charge in [0.15, 0.2) is 0 Å². The summed E-state index contributed by atoms with van der Waals surface area (Å²) in [7, 11) is 0. The number of nitrogens with zero attached hydrogens (tertiary/aromatic N) is 2. The summed E-state index contributed by atoms with van der Waals surface area (Å²) in [6.07, 6.45) is 1.65. The fourth-order valence-corrected chi connectivity index (χ4v) is 3.93. The first-order valence-electron chi connectivity index (χ1n) is 7.65. The van der Waals surface area contributed by atoms with Crippen molar-refractivity contribution in [1.29, 1.82) is 0 Å². The normalized spacial score (nSPS) is 10.9. The fraction of sp³-hybridized carbons (Fsp3) is 0.167. The maximum absolute atomic E-state index is 12.1. The molecule has 0 bridgehead atoms. The van der Waals surface area contributed by atoms with E-state index in [1.54, 1.807) is 18.3 Å². The van der Waals surface area contributed by atoms with Gasteiger partial charge in [0, 0.05) is 26.1 Å². The molecule has 0 aliphatic rings. The molecule has 0 saturated heterocycles. The van der Waals surface area contributed by atoms with Crippen LogP contribution in [0.3, 0.4) is 0 Å². The Hall–Kier alpha value is -1.64. The van der Waals surface area contributed by atoms with Crippen LogP contribution in [0.2, 0.25) is 0 Å². The smallest absolute Gasteiger partial charge is 0.316 e. The van der Waals surface area contributed by atoms with Crippen molar-refractivity contribution in [2.45, 2.75) is 18.4 Å². The molecule has 3 aromatic rings. The molecule has 26 heavy (non-hydrogen) atoms. The summed E-state index contributed by atoms with van der Waals surface area (Å²) in [6.45, 7) is 1.96. The molecule has 3 rings (SSSR count). The Bertz CT molecular complexity index is 1040. The van der Waals surface area contributed by atoms with Gasteiger partial charge in [0.1, 0.15) is 12.3 Å². The monoisotopic (exact) mass is 496 g/mol. The number of halogens is 2. The molecule has 0 N–H and O–H groups in total. The second-order valence-corrected chi connectivity index (χ2v) is 8.37. The van der Waals surface area contributed by atoms with Crippen molar-refractivity contribution in [3.8, 4) is 0 Å². The number of pyridine rings is 1. The van der Waals surface area contributed by atoms with E-state index in [0.29, 0.717) is 11.3 Å². The Morgan fingerprint density at radius 2 is 1.96 bits per heavy atom. The van der Waals surface area contributed by atoms with Crippen LogP contribution in [-0.4, -0.2) is 21.1 Å². The first kappa shape index (κ1) is 19.1. The number of hydrogen-bond acceptors (Lipinski definition) is 5. The van der Waals surface area contributed by atoms with E-state index < -0.39 is 0 Å². The number of aryl methyl sites for hydroxylation is 1. The Labute approximate surface area is 171 Å². The zero-order valence-corrected chi connectivity index (χ0v) is 17.7. The average molecular weight is 498 g/mol. The van der Waals surface area contributed by atoms with Gasteiger partial charge in [0.2, 0.25) is 0 Å². The minimum atomic E-state index is -0.352. The van der Waals surface area contributed by atoms with Gasteiger partial charge in [-0.25, -0.2) is 4.98 Å². The fourth-order valence-electron chi connectivity index (χ4n) is 2.31. The number of aromatic nitrogens is 2. The number of thioether (sulfide) groups is 1. The van der Waals surface area contributed by atoms with Gasteiger partial charge in [-0.1, -0.05) is 15.9 Å². The van der Waals surface area contributed by atoms with Gasteiger partial charge in [-0.05, 0) is 58.7 Å². The zero-order valence-electron chi connectivity index (χ0n) is 13.7. The van der Waals surface area contributed by atoms with Crippen molar-refractivity contribution in [2.24, 2.45) is 0 Å². The van der Waals surface area contributed by atoms with E-state index >= 15 is 0 Å². The van der Waals surface area contributed by atoms with Crippen LogP contribution in [0.15, 0.2) is 61.2 Å². The van der Waals surface area contributed by atoms with Gasteiger partial charge in [0.05, 0.1) is 11.4 Å². The summed E-state index contributed by atoms with van der Waals surface area (Å²) < 4.78 is 8.47. The molecule has 0 atom stereocenters. The van der Waals surface area contributed by atoms with E-state index in [9.17, 15) is 9.59 Å². The van der Waals surface area contributed by atoms with Crippen molar-refractivity contribution in [3.63, 3.8) is 0 Å². The number of hydrogen-bond donors (Lipinski definition) is 0. The largest absolute Gasteiger partial charge is 0.459 e. The minimum absolute atomic E-state index is 0.0273. The number of ether oxygens (including phenoxy) is 1. The highest BCUT2D eigenvalue weighted by atomic mass is 79.9. The van der Waals surface area contributed by atoms with Crippen LogP contribution < -0.4 is 5.56 Å². The van der Waals surface area contributed by atoms with Crippen LogP contribution in [0.1, 0.15) is 11.3 Å². The number of fused-ring (bicyclic) bond motifs is 1. The van der Waals surface area contributed by atoms with Crippen molar-refractivity contribution in [3.05, 3.63) is 73.2 Å². The predicted molar refractivity (Wildman–Crippen MR) is 109 cm³/mol. The van der Waals surface area contributed by atoms with Crippen LogP contribution >= 0.6 is 43.6 Å². The lowest BCUT2D eigenvalue weighted by Crippen LogP contribution is -2.17. The van der Waals surface area contributed by atoms with Crippen molar-refractivity contribution in [2.75, 3.05) is 5.75 Å². The number of rotatable bonds is 5. The SMILES string of the molecule is Cc1cc(Br)ccc1SCC(=O)OCc1cc(=O)n2cc(Br)ccc2n1. The lowest BCUT2D eigenvalue weighted by Gasteiger charge is -2.08. The van der Waals surface area contributed by atoms with Crippen LogP contribution in [0.25, 0.3) is 5.65 Å². The molecule has 5 nitrogen and oxygen atoms in total. The summed E-state index contributed by atoms with van der Waals surface area (Å²) in [5, 5.41) is 0. The van der Waals surface area contributed by atoms with Crippen LogP contribution in [0.4, 0.5) is 0 Å². The molecular formula is C18H14Br2N2O3S. The summed E-state index contributed by atoms with van der Waals surface area (Å²) in [4.78, 5) is 29.5. The van der Waals surface area contributed by atoms with Crippen LogP contribution in [-0.2, 0) is 16.1 Å². The topological polar surface area (TPSA) is 60.7 Å². The molecule has 8 heteroatoms. The Balaban J connectivity index is 1.61. The highest BCUT2D eigenvalue weighted by Crippen LogP contribution is 2.25. The summed E-state index contributed by atoms with van der Waals surface area (Å²) in [5.41, 5.74) is 1.80. The predicted octanol–water partition coefficient (Wildman–Crippen LogP) is 4.36. The van der Waals surface area contributed by atoms with E-state index in [2.05, 4.69) is 36.8 Å². The van der Waals surface area contributed by atoms with Crippen LogP contribution in [0.5, 0.6) is 0 Å². The Kier molecular flexibility index (Phi) is 6.16. The number of esters is 1. The van der Waals surface area contributed by atoms with Crippen molar-refractivity contribution in [1.82, 2.24) is 9.38 Å². The third-order valence-corrected chi connectivity index (χ3v) is 5.65. The number of benzene rings is 1. The zero-order chi connectivity index (χ0) is 18.7. The van der Waals surface area contributed by atoms with E-state index in [4.69, 9.17) is 4.74 Å². The van der Waals surface area contributed by atoms with Crippen molar-refractivity contribution < 1.29 is 9.53 Å². The van der Waals surface area contributed by atoms with Gasteiger partial charge in [-0.3, -0.25) is 14.0 Å². The summed E-state index contributed by atoms with van der Waals surface area (Å²) in [6, 6.07) is 10.8. The molecule has 0 saturated carbocycles. The quantitative estimate of drug-likeness (QED) is 0.387. The third kappa shape index (κ3) is 4.75. The maximum atomic E-state index is 12.1. The van der Waals surface area contributed by atoms with E-state index in [0.717, 1.165) is 19.4 Å². The van der Waals surface area contributed by atoms with E-state index in [1.165, 1.54) is 22.2 Å². The molecule has 0 unspecified atom stereocenters. The van der Waals surface area contributed by atoms with Crippen LogP contribution in [0, 0.1) is 6.92 Å². The maximum Gasteiger partial charge on any atom is 0.316 e. The second-order valence-electron chi connectivity index (χ2n) is 5.52. The lowest BCUT2D eigenvalue weighted by molar-refractivity contribution is -0.141. The summed E-state index contributed by atoms with van der Waals surface area (Å²) >= 11 is 8.15. The summed E-state index contributed by atoms with van der Waals surface area (Å²) in [5.74, 6) is -0.155. The van der Waals surface area contributed by atoms with Gasteiger partial charge < -0.3 is 4.74 Å². The van der Waals surface area contributed by atoms with Gasteiger partial charge >= 0.3 is 5.97 Å². The Morgan fingerprint density at radius 3 is 2.73 bits per heavy atom. The first-order chi connectivity index (χ1) is 12.4. The standard InChI is InChI=1S/C18H14Br2N2O3S/c1-11-6-12(19)2-4-15(11)26-10-18(24)25-9-14-7-17(23)22-8-13(20)3-5-16(22)21-14/h2-8H,9-10H2,1H3. The molecule has 0 aliphatic heterocycles. The van der Waals surface area contributed by atoms with Gasteiger partial charge in [-0.15, -0.1) is 11.8 Å². The molecule has 134 valence electrons.